The number of rotatable bonds is 6. The zero-order chi connectivity index (χ0) is 14.4. The second-order valence-corrected chi connectivity index (χ2v) is 4.65. The first kappa shape index (κ1) is 12.2. The van der Waals surface area contributed by atoms with E-state index >= 15 is 0 Å². The number of benzene rings is 2. The Morgan fingerprint density at radius 1 is 1.16 bits per heavy atom. The van der Waals surface area contributed by atoms with E-state index in [4.69, 9.17) is 6.11 Å². The molecule has 1 unspecified atom stereocenters. The second-order valence-electron chi connectivity index (χ2n) is 4.65. The maximum Gasteiger partial charge on any atom is 0.125 e. The summed E-state index contributed by atoms with van der Waals surface area (Å²) in [6.07, 6.45) is 0.837. The monoisotopic (exact) mass is 256 g/mol. The standard InChI is InChI=1S/C17H21NO/c1-14-8-10-16(11-9-14)19-17(12-13-18-2)15-6-4-3-5-7-15/h3-11,17-18H,12-13H2,1-2H3/i4D. The van der Waals surface area contributed by atoms with Crippen molar-refractivity contribution in [2.45, 2.75) is 19.4 Å². The molecule has 2 aromatic carbocycles. The fourth-order valence-corrected chi connectivity index (χ4v) is 1.96. The highest BCUT2D eigenvalue weighted by Gasteiger charge is 2.12. The molecule has 0 radical (unpaired) electrons. The number of hydrogen-bond donors (Lipinski definition) is 1. The number of aryl methyl sites for hydroxylation is 1. The average Bonchev–Trinajstić information content (AvgIpc) is 2.45. The number of ether oxygens (including phenoxy) is 1. The Hall–Kier alpha value is -1.80. The molecule has 0 bridgehead atoms. The highest BCUT2D eigenvalue weighted by atomic mass is 16.5. The Kier molecular flexibility index (Phi) is 4.48. The highest BCUT2D eigenvalue weighted by Crippen LogP contribution is 2.24. The maximum atomic E-state index is 7.74. The summed E-state index contributed by atoms with van der Waals surface area (Å²) in [5, 5.41) is 3.15. The van der Waals surface area contributed by atoms with E-state index < -0.39 is 0 Å². The fourth-order valence-electron chi connectivity index (χ4n) is 1.96. The minimum atomic E-state index is -0.0320. The van der Waals surface area contributed by atoms with Gasteiger partial charge in [-0.25, -0.2) is 0 Å². The Bertz CT molecular complexity index is 539. The van der Waals surface area contributed by atoms with E-state index in [1.807, 2.05) is 49.5 Å². The molecule has 1 atom stereocenters. The summed E-state index contributed by atoms with van der Waals surface area (Å²) in [6.45, 7) is 2.94. The Morgan fingerprint density at radius 3 is 2.63 bits per heavy atom. The minimum Gasteiger partial charge on any atom is -0.486 e. The average molecular weight is 256 g/mol. The van der Waals surface area contributed by atoms with Crippen molar-refractivity contribution in [3.63, 3.8) is 0 Å². The van der Waals surface area contributed by atoms with Crippen LogP contribution in [0.15, 0.2) is 54.6 Å². The van der Waals surface area contributed by atoms with Gasteiger partial charge in [-0.1, -0.05) is 48.0 Å². The van der Waals surface area contributed by atoms with Gasteiger partial charge in [-0.15, -0.1) is 0 Å². The molecule has 0 aliphatic carbocycles. The van der Waals surface area contributed by atoms with Crippen molar-refractivity contribution < 1.29 is 6.11 Å². The Balaban J connectivity index is 2.16. The van der Waals surface area contributed by atoms with Crippen LogP contribution in [0.4, 0.5) is 0 Å². The minimum absolute atomic E-state index is 0.0320. The van der Waals surface area contributed by atoms with Gasteiger partial charge in [0.2, 0.25) is 0 Å². The summed E-state index contributed by atoms with van der Waals surface area (Å²) in [5.41, 5.74) is 2.27. The maximum absolute atomic E-state index is 7.74. The van der Waals surface area contributed by atoms with Crippen LogP contribution in [-0.2, 0) is 0 Å². The first-order valence-electron chi connectivity index (χ1n) is 7.13. The number of hydrogen-bond acceptors (Lipinski definition) is 2. The van der Waals surface area contributed by atoms with Crippen LogP contribution in [-0.4, -0.2) is 13.6 Å². The molecule has 0 aromatic heterocycles. The molecule has 0 aliphatic heterocycles. The quantitative estimate of drug-likeness (QED) is 0.850. The van der Waals surface area contributed by atoms with Crippen molar-refractivity contribution in [3.8, 4) is 5.75 Å². The zero-order valence-electron chi connectivity index (χ0n) is 12.5. The van der Waals surface area contributed by atoms with Crippen molar-refractivity contribution in [3.05, 3.63) is 65.7 Å². The van der Waals surface area contributed by atoms with Crippen LogP contribution in [0.25, 0.3) is 0 Å². The van der Waals surface area contributed by atoms with E-state index in [9.17, 15) is 0 Å². The Labute approximate surface area is 116 Å². The third kappa shape index (κ3) is 4.11. The smallest absolute Gasteiger partial charge is 0.125 e. The zero-order valence-corrected chi connectivity index (χ0v) is 11.5. The normalized spacial score (nSPS) is 12.8. The van der Waals surface area contributed by atoms with Gasteiger partial charge in [-0.05, 0) is 38.2 Å². The second kappa shape index (κ2) is 6.95. The van der Waals surface area contributed by atoms with E-state index in [0.717, 1.165) is 24.3 Å². The van der Waals surface area contributed by atoms with Gasteiger partial charge < -0.3 is 10.1 Å². The van der Waals surface area contributed by atoms with E-state index in [1.165, 1.54) is 5.56 Å². The van der Waals surface area contributed by atoms with Crippen LogP contribution >= 0.6 is 0 Å². The summed E-state index contributed by atoms with van der Waals surface area (Å²) >= 11 is 0. The van der Waals surface area contributed by atoms with Crippen molar-refractivity contribution in [1.29, 1.82) is 0 Å². The summed E-state index contributed by atoms with van der Waals surface area (Å²) in [6, 6.07) is 16.2. The van der Waals surface area contributed by atoms with Gasteiger partial charge in [0.25, 0.3) is 0 Å². The van der Waals surface area contributed by atoms with Crippen LogP contribution < -0.4 is 10.1 Å². The molecule has 0 heterocycles. The lowest BCUT2D eigenvalue weighted by Crippen LogP contribution is -2.16. The van der Waals surface area contributed by atoms with Crippen LogP contribution in [0.5, 0.6) is 5.75 Å². The molecule has 2 nitrogen and oxygen atoms in total. The topological polar surface area (TPSA) is 21.3 Å². The third-order valence-corrected chi connectivity index (χ3v) is 3.06. The molecule has 0 saturated carbocycles. The highest BCUT2D eigenvalue weighted by molar-refractivity contribution is 5.28. The predicted molar refractivity (Wildman–Crippen MR) is 79.5 cm³/mol. The summed E-state index contributed by atoms with van der Waals surface area (Å²) < 4.78 is 13.8. The molecular formula is C17H21NO. The van der Waals surface area contributed by atoms with Gasteiger partial charge in [-0.2, -0.15) is 0 Å². The summed E-state index contributed by atoms with van der Waals surface area (Å²) in [4.78, 5) is 0. The van der Waals surface area contributed by atoms with E-state index in [2.05, 4.69) is 12.2 Å². The molecular weight excluding hydrogens is 234 g/mol. The molecule has 2 rings (SSSR count). The third-order valence-electron chi connectivity index (χ3n) is 3.06. The van der Waals surface area contributed by atoms with Crippen LogP contribution in [0.3, 0.4) is 0 Å². The molecule has 19 heavy (non-hydrogen) atoms. The van der Waals surface area contributed by atoms with Gasteiger partial charge in [-0.3, -0.25) is 0 Å². The van der Waals surface area contributed by atoms with Crippen molar-refractivity contribution in [2.75, 3.05) is 13.6 Å². The SMILES string of the molecule is [2H]c1cccc(C(CCNC)Oc2ccc(C)cc2)c1. The molecule has 0 fully saturated rings. The molecule has 0 saturated heterocycles. The van der Waals surface area contributed by atoms with Crippen molar-refractivity contribution >= 4 is 0 Å². The van der Waals surface area contributed by atoms with Crippen LogP contribution in [0.1, 0.15) is 25.0 Å². The fraction of sp³-hybridized carbons (Fsp3) is 0.294. The van der Waals surface area contributed by atoms with Gasteiger partial charge in [0.15, 0.2) is 0 Å². The first-order chi connectivity index (χ1) is 9.69. The van der Waals surface area contributed by atoms with Crippen molar-refractivity contribution in [1.82, 2.24) is 5.32 Å². The van der Waals surface area contributed by atoms with Gasteiger partial charge in [0.05, 0.1) is 1.37 Å². The van der Waals surface area contributed by atoms with E-state index in [1.54, 1.807) is 6.07 Å². The van der Waals surface area contributed by atoms with Crippen LogP contribution in [0, 0.1) is 6.92 Å². The molecule has 100 valence electrons. The lowest BCUT2D eigenvalue weighted by atomic mass is 10.1. The Morgan fingerprint density at radius 2 is 1.95 bits per heavy atom. The lowest BCUT2D eigenvalue weighted by Gasteiger charge is -2.19. The molecule has 2 heteroatoms. The molecule has 0 spiro atoms. The van der Waals surface area contributed by atoms with E-state index in [0.29, 0.717) is 6.04 Å². The van der Waals surface area contributed by atoms with Gasteiger partial charge in [0.1, 0.15) is 11.9 Å². The lowest BCUT2D eigenvalue weighted by molar-refractivity contribution is 0.195. The molecule has 0 amide bonds. The predicted octanol–water partition coefficient (Wildman–Crippen LogP) is 3.72. The molecule has 0 aliphatic rings. The molecule has 2 aromatic rings. The van der Waals surface area contributed by atoms with E-state index in [-0.39, 0.29) is 6.10 Å². The van der Waals surface area contributed by atoms with Crippen molar-refractivity contribution in [2.24, 2.45) is 0 Å². The summed E-state index contributed by atoms with van der Waals surface area (Å²) in [7, 11) is 1.93. The summed E-state index contributed by atoms with van der Waals surface area (Å²) in [5.74, 6) is 0.868. The largest absolute Gasteiger partial charge is 0.486 e. The number of nitrogens with one attached hydrogen (secondary N) is 1. The molecule has 1 N–H and O–H groups in total. The van der Waals surface area contributed by atoms with Gasteiger partial charge >= 0.3 is 0 Å². The first-order valence-corrected chi connectivity index (χ1v) is 6.63. The van der Waals surface area contributed by atoms with Crippen LogP contribution in [0.2, 0.25) is 0 Å². The van der Waals surface area contributed by atoms with Gasteiger partial charge in [0, 0.05) is 6.42 Å².